The van der Waals surface area contributed by atoms with Gasteiger partial charge in [-0.15, -0.1) is 11.3 Å². The SMILES string of the molecule is CCCCN1C(=O)C(CC2CCCCC2)NC(=O)C12CCN(Cc1csc(-c3ccccc3)n1)CC2. The number of piperidine rings is 1. The normalized spacial score (nSPS) is 23.2. The lowest BCUT2D eigenvalue weighted by Crippen LogP contribution is -2.73. The summed E-state index contributed by atoms with van der Waals surface area (Å²) in [6.45, 7) is 5.23. The second-order valence-electron chi connectivity index (χ2n) is 10.9. The maximum absolute atomic E-state index is 13.7. The molecule has 1 spiro atoms. The third-order valence-electron chi connectivity index (χ3n) is 8.48. The third kappa shape index (κ3) is 5.37. The monoisotopic (exact) mass is 508 g/mol. The molecule has 2 saturated heterocycles. The zero-order valence-corrected chi connectivity index (χ0v) is 22.4. The Kier molecular flexibility index (Phi) is 8.06. The zero-order chi connectivity index (χ0) is 25.0. The molecule has 3 heterocycles. The van der Waals surface area contributed by atoms with Crippen LogP contribution in [0, 0.1) is 5.92 Å². The van der Waals surface area contributed by atoms with Crippen LogP contribution in [0.5, 0.6) is 0 Å². The van der Waals surface area contributed by atoms with Gasteiger partial charge in [-0.2, -0.15) is 0 Å². The molecule has 1 aromatic carbocycles. The molecule has 1 saturated carbocycles. The van der Waals surface area contributed by atoms with Crippen LogP contribution in [-0.4, -0.2) is 57.8 Å². The quantitative estimate of drug-likeness (QED) is 0.529. The minimum absolute atomic E-state index is 0.0821. The van der Waals surface area contributed by atoms with Crippen LogP contribution in [-0.2, 0) is 16.1 Å². The van der Waals surface area contributed by atoms with Crippen LogP contribution in [0.4, 0.5) is 0 Å². The van der Waals surface area contributed by atoms with Gasteiger partial charge in [0.15, 0.2) is 0 Å². The number of nitrogens with one attached hydrogen (secondary N) is 1. The molecule has 194 valence electrons. The van der Waals surface area contributed by atoms with Crippen LogP contribution in [0.25, 0.3) is 10.6 Å². The molecule has 3 fully saturated rings. The van der Waals surface area contributed by atoms with E-state index < -0.39 is 5.54 Å². The van der Waals surface area contributed by atoms with E-state index in [2.05, 4.69) is 34.7 Å². The van der Waals surface area contributed by atoms with Crippen LogP contribution in [0.15, 0.2) is 35.7 Å². The predicted molar refractivity (Wildman–Crippen MR) is 145 cm³/mol. The number of benzene rings is 1. The number of carbonyl (C=O) groups is 2. The Morgan fingerprint density at radius 3 is 2.56 bits per heavy atom. The van der Waals surface area contributed by atoms with Crippen LogP contribution >= 0.6 is 11.3 Å². The van der Waals surface area contributed by atoms with Gasteiger partial charge in [-0.1, -0.05) is 75.8 Å². The van der Waals surface area contributed by atoms with E-state index in [9.17, 15) is 9.59 Å². The summed E-state index contributed by atoms with van der Waals surface area (Å²) in [5.74, 6) is 0.809. The Morgan fingerprint density at radius 1 is 1.08 bits per heavy atom. The van der Waals surface area contributed by atoms with Crippen molar-refractivity contribution in [3.63, 3.8) is 0 Å². The number of aromatic nitrogens is 1. The molecule has 36 heavy (non-hydrogen) atoms. The second kappa shape index (κ2) is 11.4. The molecular weight excluding hydrogens is 468 g/mol. The molecule has 3 aliphatic rings. The maximum Gasteiger partial charge on any atom is 0.246 e. The fraction of sp³-hybridized carbons (Fsp3) is 0.621. The highest BCUT2D eigenvalue weighted by Crippen LogP contribution is 2.36. The number of hydrogen-bond acceptors (Lipinski definition) is 5. The molecule has 6 nitrogen and oxygen atoms in total. The summed E-state index contributed by atoms with van der Waals surface area (Å²) in [5, 5.41) is 6.40. The van der Waals surface area contributed by atoms with E-state index in [1.165, 1.54) is 32.1 Å². The molecule has 5 rings (SSSR count). The van der Waals surface area contributed by atoms with Crippen molar-refractivity contribution in [2.75, 3.05) is 19.6 Å². The number of piperazine rings is 1. The van der Waals surface area contributed by atoms with Crippen molar-refractivity contribution in [3.05, 3.63) is 41.4 Å². The number of rotatable bonds is 8. The minimum atomic E-state index is -0.691. The molecule has 2 aliphatic heterocycles. The molecule has 0 bridgehead atoms. The minimum Gasteiger partial charge on any atom is -0.342 e. The van der Waals surface area contributed by atoms with Crippen molar-refractivity contribution < 1.29 is 9.59 Å². The predicted octanol–water partition coefficient (Wildman–Crippen LogP) is 5.24. The van der Waals surface area contributed by atoms with Gasteiger partial charge in [-0.3, -0.25) is 14.5 Å². The smallest absolute Gasteiger partial charge is 0.246 e. The Labute approximate surface area is 219 Å². The molecule has 2 aromatic rings. The van der Waals surface area contributed by atoms with Gasteiger partial charge in [0.05, 0.1) is 5.69 Å². The van der Waals surface area contributed by atoms with Gasteiger partial charge in [0.25, 0.3) is 0 Å². The van der Waals surface area contributed by atoms with Gasteiger partial charge in [0.1, 0.15) is 16.6 Å². The van der Waals surface area contributed by atoms with E-state index in [0.717, 1.165) is 55.2 Å². The number of hydrogen-bond donors (Lipinski definition) is 1. The summed E-state index contributed by atoms with van der Waals surface area (Å²) in [7, 11) is 0. The summed E-state index contributed by atoms with van der Waals surface area (Å²) in [5.41, 5.74) is 1.54. The number of amides is 2. The van der Waals surface area contributed by atoms with Crippen LogP contribution in [0.1, 0.15) is 76.8 Å². The first-order valence-corrected chi connectivity index (χ1v) is 14.8. The van der Waals surface area contributed by atoms with E-state index in [1.54, 1.807) is 11.3 Å². The molecule has 1 N–H and O–H groups in total. The molecular formula is C29H40N4O2S. The maximum atomic E-state index is 13.7. The first kappa shape index (κ1) is 25.4. The average molecular weight is 509 g/mol. The van der Waals surface area contributed by atoms with Crippen molar-refractivity contribution in [2.45, 2.75) is 89.3 Å². The first-order valence-electron chi connectivity index (χ1n) is 13.9. The summed E-state index contributed by atoms with van der Waals surface area (Å²) < 4.78 is 0. The molecule has 0 radical (unpaired) electrons. The highest BCUT2D eigenvalue weighted by molar-refractivity contribution is 7.13. The van der Waals surface area contributed by atoms with Gasteiger partial charge in [-0.05, 0) is 31.6 Å². The largest absolute Gasteiger partial charge is 0.342 e. The van der Waals surface area contributed by atoms with Gasteiger partial charge in [0, 0.05) is 37.1 Å². The van der Waals surface area contributed by atoms with E-state index in [4.69, 9.17) is 4.98 Å². The summed E-state index contributed by atoms with van der Waals surface area (Å²) in [6.07, 6.45) is 10.4. The number of likely N-dealkylation sites (tertiary alicyclic amines) is 1. The second-order valence-corrected chi connectivity index (χ2v) is 11.8. The van der Waals surface area contributed by atoms with Crippen LogP contribution in [0.3, 0.4) is 0 Å². The Morgan fingerprint density at radius 2 is 1.83 bits per heavy atom. The number of carbonyl (C=O) groups excluding carboxylic acids is 2. The number of nitrogens with zero attached hydrogens (tertiary/aromatic N) is 3. The Bertz CT molecular complexity index is 1020. The lowest BCUT2D eigenvalue weighted by atomic mass is 9.79. The summed E-state index contributed by atoms with van der Waals surface area (Å²) in [6, 6.07) is 9.96. The first-order chi connectivity index (χ1) is 17.6. The van der Waals surface area contributed by atoms with Gasteiger partial charge < -0.3 is 10.2 Å². The third-order valence-corrected chi connectivity index (χ3v) is 9.42. The van der Waals surface area contributed by atoms with Gasteiger partial charge >= 0.3 is 0 Å². The molecule has 1 aromatic heterocycles. The van der Waals surface area contributed by atoms with E-state index in [1.807, 2.05) is 23.1 Å². The lowest BCUT2D eigenvalue weighted by Gasteiger charge is -2.52. The number of thiazole rings is 1. The highest BCUT2D eigenvalue weighted by Gasteiger charge is 2.53. The van der Waals surface area contributed by atoms with E-state index in [0.29, 0.717) is 25.3 Å². The van der Waals surface area contributed by atoms with Crippen molar-refractivity contribution in [1.82, 2.24) is 20.1 Å². The highest BCUT2D eigenvalue weighted by atomic mass is 32.1. The summed E-state index contributed by atoms with van der Waals surface area (Å²) in [4.78, 5) is 36.6. The van der Waals surface area contributed by atoms with Crippen molar-refractivity contribution >= 4 is 23.2 Å². The molecule has 1 unspecified atom stereocenters. The average Bonchev–Trinajstić information content (AvgIpc) is 3.38. The van der Waals surface area contributed by atoms with Crippen molar-refractivity contribution in [3.8, 4) is 10.6 Å². The fourth-order valence-electron chi connectivity index (χ4n) is 6.33. The van der Waals surface area contributed by atoms with E-state index in [-0.39, 0.29) is 17.9 Å². The van der Waals surface area contributed by atoms with Gasteiger partial charge in [-0.25, -0.2) is 4.98 Å². The molecule has 1 aliphatic carbocycles. The van der Waals surface area contributed by atoms with Gasteiger partial charge in [0.2, 0.25) is 11.8 Å². The zero-order valence-electron chi connectivity index (χ0n) is 21.6. The molecule has 1 atom stereocenters. The van der Waals surface area contributed by atoms with E-state index >= 15 is 0 Å². The Balaban J connectivity index is 1.24. The fourth-order valence-corrected chi connectivity index (χ4v) is 7.15. The number of unbranched alkanes of at least 4 members (excludes halogenated alkanes) is 1. The summed E-state index contributed by atoms with van der Waals surface area (Å²) >= 11 is 1.68. The lowest BCUT2D eigenvalue weighted by molar-refractivity contribution is -0.162. The Hall–Kier alpha value is -2.25. The molecule has 7 heteroatoms. The topological polar surface area (TPSA) is 65.5 Å². The van der Waals surface area contributed by atoms with Crippen molar-refractivity contribution in [2.24, 2.45) is 5.92 Å². The standard InChI is InChI=1S/C29H40N4O2S/c1-2-3-16-33-27(34)25(19-22-10-6-4-7-11-22)31-28(35)29(33)14-17-32(18-15-29)20-24-21-36-26(30-24)23-12-8-5-9-13-23/h5,8-9,12-13,21-22,25H,2-4,6-7,10-11,14-20H2,1H3,(H,31,35). The molecule has 2 amide bonds. The van der Waals surface area contributed by atoms with Crippen LogP contribution < -0.4 is 5.32 Å². The van der Waals surface area contributed by atoms with Crippen LogP contribution in [0.2, 0.25) is 0 Å². The van der Waals surface area contributed by atoms with Crippen molar-refractivity contribution in [1.29, 1.82) is 0 Å².